The molecule has 2 heterocycles. The molecular formula is C25H30N2O2S2. The van der Waals surface area contributed by atoms with E-state index in [9.17, 15) is 5.11 Å². The Balaban J connectivity index is 1.85. The summed E-state index contributed by atoms with van der Waals surface area (Å²) in [6.07, 6.45) is 4.74. The van der Waals surface area contributed by atoms with Crippen molar-refractivity contribution >= 4 is 23.6 Å². The Morgan fingerprint density at radius 3 is 2.32 bits per heavy atom. The lowest BCUT2D eigenvalue weighted by Crippen LogP contribution is -2.34. The SMILES string of the molecule is COc1ncc(Cc2sc(=S)[nH]c2O)cc1-c1cc2c(cc1C)C(C)(C)CCC2(C)C. The number of hydrogen-bond acceptors (Lipinski definition) is 5. The predicted octanol–water partition coefficient (Wildman–Crippen LogP) is 6.83. The van der Waals surface area contributed by atoms with Crippen LogP contribution in [0.4, 0.5) is 0 Å². The molecule has 31 heavy (non-hydrogen) atoms. The smallest absolute Gasteiger partial charge is 0.221 e. The van der Waals surface area contributed by atoms with E-state index in [2.05, 4.69) is 62.8 Å². The van der Waals surface area contributed by atoms with Crippen LogP contribution in [0, 0.1) is 10.9 Å². The van der Waals surface area contributed by atoms with Crippen LogP contribution in [0.5, 0.6) is 11.8 Å². The molecule has 0 spiro atoms. The zero-order valence-electron chi connectivity index (χ0n) is 19.0. The van der Waals surface area contributed by atoms with E-state index >= 15 is 0 Å². The van der Waals surface area contributed by atoms with Crippen LogP contribution in [0.3, 0.4) is 0 Å². The van der Waals surface area contributed by atoms with Crippen molar-refractivity contribution in [1.29, 1.82) is 0 Å². The molecule has 6 heteroatoms. The summed E-state index contributed by atoms with van der Waals surface area (Å²) < 4.78 is 6.22. The summed E-state index contributed by atoms with van der Waals surface area (Å²) in [5.74, 6) is 0.756. The third kappa shape index (κ3) is 4.03. The fraction of sp³-hybridized carbons (Fsp3) is 0.440. The van der Waals surface area contributed by atoms with Gasteiger partial charge in [-0.15, -0.1) is 11.3 Å². The van der Waals surface area contributed by atoms with Gasteiger partial charge in [0, 0.05) is 18.2 Å². The average Bonchev–Trinajstić information content (AvgIpc) is 3.02. The van der Waals surface area contributed by atoms with Crippen LogP contribution in [0.15, 0.2) is 24.4 Å². The summed E-state index contributed by atoms with van der Waals surface area (Å²) in [6.45, 7) is 11.5. The second-order valence-electron chi connectivity index (χ2n) is 9.84. The minimum absolute atomic E-state index is 0.129. The molecule has 0 bridgehead atoms. The number of thiazole rings is 1. The Morgan fingerprint density at radius 2 is 1.74 bits per heavy atom. The molecule has 2 N–H and O–H groups in total. The summed E-state index contributed by atoms with van der Waals surface area (Å²) in [5.41, 5.74) is 7.54. The van der Waals surface area contributed by atoms with Crippen LogP contribution < -0.4 is 4.74 Å². The number of nitrogens with zero attached hydrogens (tertiary/aromatic N) is 1. The molecule has 0 saturated carbocycles. The first-order chi connectivity index (χ1) is 14.5. The van der Waals surface area contributed by atoms with Crippen molar-refractivity contribution in [1.82, 2.24) is 9.97 Å². The molecule has 1 aliphatic carbocycles. The van der Waals surface area contributed by atoms with E-state index in [0.29, 0.717) is 16.3 Å². The summed E-state index contributed by atoms with van der Waals surface area (Å²) in [4.78, 5) is 8.20. The number of pyridine rings is 1. The van der Waals surface area contributed by atoms with Gasteiger partial charge in [-0.25, -0.2) is 4.98 Å². The molecule has 1 aromatic carbocycles. The number of aryl methyl sites for hydroxylation is 1. The van der Waals surface area contributed by atoms with Gasteiger partial charge in [0.25, 0.3) is 0 Å². The second kappa shape index (κ2) is 7.75. The number of aromatic nitrogens is 2. The fourth-order valence-electron chi connectivity index (χ4n) is 4.62. The maximum atomic E-state index is 10.1. The number of hydrogen-bond donors (Lipinski definition) is 2. The Bertz CT molecular complexity index is 1200. The highest BCUT2D eigenvalue weighted by Crippen LogP contribution is 2.48. The number of benzene rings is 1. The van der Waals surface area contributed by atoms with Crippen molar-refractivity contribution in [2.45, 2.75) is 64.7 Å². The third-order valence-electron chi connectivity index (χ3n) is 6.65. The van der Waals surface area contributed by atoms with E-state index in [1.54, 1.807) is 7.11 Å². The second-order valence-corrected chi connectivity index (χ2v) is 11.6. The fourth-order valence-corrected chi connectivity index (χ4v) is 5.77. The van der Waals surface area contributed by atoms with Gasteiger partial charge in [-0.2, -0.15) is 0 Å². The van der Waals surface area contributed by atoms with E-state index < -0.39 is 0 Å². The van der Waals surface area contributed by atoms with Crippen LogP contribution in [0.2, 0.25) is 0 Å². The molecule has 0 unspecified atom stereocenters. The van der Waals surface area contributed by atoms with Crippen LogP contribution in [-0.4, -0.2) is 22.2 Å². The van der Waals surface area contributed by atoms with Crippen LogP contribution >= 0.6 is 23.6 Å². The number of rotatable bonds is 4. The predicted molar refractivity (Wildman–Crippen MR) is 130 cm³/mol. The van der Waals surface area contributed by atoms with Gasteiger partial charge in [-0.3, -0.25) is 0 Å². The highest BCUT2D eigenvalue weighted by molar-refractivity contribution is 7.73. The van der Waals surface area contributed by atoms with Gasteiger partial charge in [-0.1, -0.05) is 33.8 Å². The summed E-state index contributed by atoms with van der Waals surface area (Å²) in [6, 6.07) is 6.84. The molecule has 164 valence electrons. The third-order valence-corrected chi connectivity index (χ3v) is 7.88. The van der Waals surface area contributed by atoms with Crippen molar-refractivity contribution < 1.29 is 9.84 Å². The molecule has 0 aliphatic heterocycles. The summed E-state index contributed by atoms with van der Waals surface area (Å²) in [5, 5.41) is 10.1. The van der Waals surface area contributed by atoms with Crippen molar-refractivity contribution in [2.75, 3.05) is 7.11 Å². The molecule has 3 aromatic rings. The van der Waals surface area contributed by atoms with Gasteiger partial charge < -0.3 is 14.8 Å². The van der Waals surface area contributed by atoms with Crippen LogP contribution in [0.25, 0.3) is 11.1 Å². The van der Waals surface area contributed by atoms with E-state index in [1.165, 1.54) is 40.9 Å². The van der Waals surface area contributed by atoms with Gasteiger partial charge in [0.15, 0.2) is 3.95 Å². The van der Waals surface area contributed by atoms with Gasteiger partial charge in [0.1, 0.15) is 0 Å². The highest BCUT2D eigenvalue weighted by atomic mass is 32.1. The normalized spacial score (nSPS) is 16.7. The Labute approximate surface area is 193 Å². The topological polar surface area (TPSA) is 58.1 Å². The lowest BCUT2D eigenvalue weighted by Gasteiger charge is -2.42. The summed E-state index contributed by atoms with van der Waals surface area (Å²) in [7, 11) is 1.66. The maximum absolute atomic E-state index is 10.1. The summed E-state index contributed by atoms with van der Waals surface area (Å²) >= 11 is 6.55. The number of aromatic amines is 1. The molecule has 2 aromatic heterocycles. The number of fused-ring (bicyclic) bond motifs is 1. The van der Waals surface area contributed by atoms with E-state index in [0.717, 1.165) is 21.6 Å². The molecular weight excluding hydrogens is 424 g/mol. The lowest BCUT2D eigenvalue weighted by atomic mass is 9.62. The molecule has 0 radical (unpaired) electrons. The molecule has 1 aliphatic rings. The van der Waals surface area contributed by atoms with Crippen molar-refractivity contribution in [2.24, 2.45) is 0 Å². The van der Waals surface area contributed by atoms with Crippen LogP contribution in [0.1, 0.15) is 67.7 Å². The van der Waals surface area contributed by atoms with Crippen molar-refractivity contribution in [3.05, 3.63) is 55.5 Å². The van der Waals surface area contributed by atoms with Crippen molar-refractivity contribution in [3.8, 4) is 22.9 Å². The molecule has 0 amide bonds. The average molecular weight is 455 g/mol. The number of nitrogens with one attached hydrogen (secondary N) is 1. The number of H-pyrrole nitrogens is 1. The molecule has 0 saturated heterocycles. The Morgan fingerprint density at radius 1 is 1.10 bits per heavy atom. The monoisotopic (exact) mass is 454 g/mol. The number of methoxy groups -OCH3 is 1. The highest BCUT2D eigenvalue weighted by Gasteiger charge is 2.37. The van der Waals surface area contributed by atoms with E-state index in [4.69, 9.17) is 17.0 Å². The van der Waals surface area contributed by atoms with Gasteiger partial charge in [0.05, 0.1) is 12.0 Å². The number of aromatic hydroxyl groups is 1. The molecule has 4 rings (SSSR count). The molecule has 0 fully saturated rings. The Hall–Kier alpha value is -2.18. The maximum Gasteiger partial charge on any atom is 0.221 e. The first kappa shape index (κ1) is 22.0. The van der Waals surface area contributed by atoms with Gasteiger partial charge >= 0.3 is 0 Å². The van der Waals surface area contributed by atoms with Gasteiger partial charge in [0.2, 0.25) is 11.8 Å². The quantitative estimate of drug-likeness (QED) is 0.424. The van der Waals surface area contributed by atoms with Crippen LogP contribution in [-0.2, 0) is 17.3 Å². The zero-order chi connectivity index (χ0) is 22.6. The lowest BCUT2D eigenvalue weighted by molar-refractivity contribution is 0.332. The Kier molecular flexibility index (Phi) is 5.51. The first-order valence-electron chi connectivity index (χ1n) is 10.6. The minimum Gasteiger partial charge on any atom is -0.494 e. The minimum atomic E-state index is 0.129. The largest absolute Gasteiger partial charge is 0.494 e. The molecule has 0 atom stereocenters. The van der Waals surface area contributed by atoms with Gasteiger partial charge in [-0.05, 0) is 82.8 Å². The zero-order valence-corrected chi connectivity index (χ0v) is 20.7. The standard InChI is InChI=1S/C25H30N2O2S2/c1-14-9-18-19(25(4,5)8-7-24(18,2)3)12-16(14)17-10-15(13-26-22(17)29-6)11-20-21(28)27-23(30)31-20/h9-10,12-13,28H,7-8,11H2,1-6H3,(H,27,30). The number of ether oxygens (including phenoxy) is 1. The van der Waals surface area contributed by atoms with E-state index in [-0.39, 0.29) is 16.7 Å². The van der Waals surface area contributed by atoms with E-state index in [1.807, 2.05) is 6.20 Å². The first-order valence-corrected chi connectivity index (χ1v) is 11.8. The van der Waals surface area contributed by atoms with Crippen molar-refractivity contribution in [3.63, 3.8) is 0 Å². The molecule has 4 nitrogen and oxygen atoms in total.